The highest BCUT2D eigenvalue weighted by Crippen LogP contribution is 2.32. The number of amides is 1. The topological polar surface area (TPSA) is 71.5 Å². The van der Waals surface area contributed by atoms with Gasteiger partial charge in [-0.15, -0.1) is 0 Å². The van der Waals surface area contributed by atoms with Gasteiger partial charge in [-0.1, -0.05) is 18.9 Å². The van der Waals surface area contributed by atoms with Crippen LogP contribution in [0.5, 0.6) is 11.5 Å². The molecule has 132 valence electrons. The second kappa shape index (κ2) is 7.61. The molecule has 6 heteroatoms. The summed E-state index contributed by atoms with van der Waals surface area (Å²) < 4.78 is 19.6. The van der Waals surface area contributed by atoms with Crippen molar-refractivity contribution in [1.82, 2.24) is 10.3 Å². The zero-order valence-electron chi connectivity index (χ0n) is 13.9. The fraction of sp³-hybridized carbons (Fsp3) is 0.368. The molecular weight excluding hydrogens is 323 g/mol. The number of carbonyl (C=O) groups excluding carboxylic acids is 1. The molecule has 1 aromatic carbocycles. The highest BCUT2D eigenvalue weighted by Gasteiger charge is 2.33. The average Bonchev–Trinajstić information content (AvgIpc) is 3.02. The van der Waals surface area contributed by atoms with Crippen molar-refractivity contribution in [1.29, 1.82) is 0 Å². The molecule has 0 unspecified atom stereocenters. The molecule has 1 aliphatic rings. The predicted octanol–water partition coefficient (Wildman–Crippen LogP) is 3.32. The van der Waals surface area contributed by atoms with E-state index in [1.165, 1.54) is 18.3 Å². The summed E-state index contributed by atoms with van der Waals surface area (Å²) in [6.45, 7) is 0.207. The summed E-state index contributed by atoms with van der Waals surface area (Å²) in [6.07, 6.45) is 6.43. The molecule has 0 spiro atoms. The maximum atomic E-state index is 14.2. The highest BCUT2D eigenvalue weighted by atomic mass is 19.1. The maximum Gasteiger partial charge on any atom is 0.223 e. The first kappa shape index (κ1) is 17.4. The molecule has 0 saturated heterocycles. The number of ether oxygens (including phenoxy) is 1. The van der Waals surface area contributed by atoms with Crippen LogP contribution in [0.2, 0.25) is 0 Å². The summed E-state index contributed by atoms with van der Waals surface area (Å²) in [7, 11) is 0. The van der Waals surface area contributed by atoms with Crippen molar-refractivity contribution in [3.8, 4) is 11.5 Å². The maximum absolute atomic E-state index is 14.2. The van der Waals surface area contributed by atoms with Gasteiger partial charge in [-0.3, -0.25) is 9.78 Å². The van der Waals surface area contributed by atoms with E-state index in [1.807, 2.05) is 0 Å². The van der Waals surface area contributed by atoms with Gasteiger partial charge in [0.15, 0.2) is 11.6 Å². The van der Waals surface area contributed by atoms with Crippen LogP contribution in [-0.2, 0) is 11.3 Å². The van der Waals surface area contributed by atoms with E-state index in [1.54, 1.807) is 24.4 Å². The number of aliphatic hydroxyl groups is 1. The lowest BCUT2D eigenvalue weighted by atomic mass is 9.97. The van der Waals surface area contributed by atoms with Crippen molar-refractivity contribution >= 4 is 5.91 Å². The van der Waals surface area contributed by atoms with Crippen LogP contribution >= 0.6 is 0 Å². The van der Waals surface area contributed by atoms with Gasteiger partial charge >= 0.3 is 0 Å². The number of hydrogen-bond donors (Lipinski definition) is 2. The van der Waals surface area contributed by atoms with Gasteiger partial charge in [0.1, 0.15) is 5.75 Å². The SMILES string of the molecule is O=C(CC1(O)CCCC1)NCc1ccc(Oc2cccnc2)c(F)c1. The van der Waals surface area contributed by atoms with E-state index < -0.39 is 11.4 Å². The van der Waals surface area contributed by atoms with Gasteiger partial charge in [-0.2, -0.15) is 0 Å². The van der Waals surface area contributed by atoms with Gasteiger partial charge < -0.3 is 15.2 Å². The van der Waals surface area contributed by atoms with E-state index >= 15 is 0 Å². The van der Waals surface area contributed by atoms with Crippen molar-refractivity contribution in [2.75, 3.05) is 0 Å². The van der Waals surface area contributed by atoms with E-state index in [0.29, 0.717) is 24.2 Å². The minimum atomic E-state index is -0.878. The third-order valence-electron chi connectivity index (χ3n) is 4.37. The Kier molecular flexibility index (Phi) is 5.28. The fourth-order valence-corrected chi connectivity index (χ4v) is 3.04. The van der Waals surface area contributed by atoms with E-state index in [4.69, 9.17) is 4.74 Å². The molecule has 0 radical (unpaired) electrons. The lowest BCUT2D eigenvalue weighted by Gasteiger charge is -2.21. The third-order valence-corrected chi connectivity index (χ3v) is 4.37. The number of halogens is 1. The average molecular weight is 344 g/mol. The summed E-state index contributed by atoms with van der Waals surface area (Å²) in [5.74, 6) is -0.180. The van der Waals surface area contributed by atoms with Crippen molar-refractivity contribution in [2.45, 2.75) is 44.2 Å². The van der Waals surface area contributed by atoms with Crippen LogP contribution in [0.1, 0.15) is 37.7 Å². The van der Waals surface area contributed by atoms with Gasteiger partial charge in [-0.25, -0.2) is 4.39 Å². The van der Waals surface area contributed by atoms with Crippen molar-refractivity contribution in [3.05, 3.63) is 54.1 Å². The molecule has 1 heterocycles. The molecule has 0 aliphatic heterocycles. The number of rotatable bonds is 6. The number of aromatic nitrogens is 1. The van der Waals surface area contributed by atoms with E-state index in [-0.39, 0.29) is 24.6 Å². The first-order chi connectivity index (χ1) is 12.0. The Morgan fingerprint density at radius 3 is 2.80 bits per heavy atom. The lowest BCUT2D eigenvalue weighted by molar-refractivity contribution is -0.126. The molecule has 1 saturated carbocycles. The molecule has 1 amide bonds. The van der Waals surface area contributed by atoms with Gasteiger partial charge in [-0.05, 0) is 42.7 Å². The minimum Gasteiger partial charge on any atom is -0.453 e. The van der Waals surface area contributed by atoms with E-state index in [2.05, 4.69) is 10.3 Å². The Morgan fingerprint density at radius 2 is 2.12 bits per heavy atom. The summed E-state index contributed by atoms with van der Waals surface area (Å²) >= 11 is 0. The van der Waals surface area contributed by atoms with Crippen molar-refractivity contribution in [2.24, 2.45) is 0 Å². The molecule has 0 atom stereocenters. The number of hydrogen-bond acceptors (Lipinski definition) is 4. The second-order valence-corrected chi connectivity index (χ2v) is 6.44. The zero-order chi connectivity index (χ0) is 17.7. The Morgan fingerprint density at radius 1 is 1.32 bits per heavy atom. The first-order valence-corrected chi connectivity index (χ1v) is 8.39. The molecule has 2 aromatic rings. The van der Waals surface area contributed by atoms with Crippen LogP contribution in [0.25, 0.3) is 0 Å². The molecule has 2 N–H and O–H groups in total. The number of pyridine rings is 1. The molecule has 25 heavy (non-hydrogen) atoms. The monoisotopic (exact) mass is 344 g/mol. The van der Waals surface area contributed by atoms with Crippen LogP contribution in [0.3, 0.4) is 0 Å². The first-order valence-electron chi connectivity index (χ1n) is 8.39. The normalized spacial score (nSPS) is 15.8. The second-order valence-electron chi connectivity index (χ2n) is 6.44. The van der Waals surface area contributed by atoms with Crippen LogP contribution in [0.4, 0.5) is 4.39 Å². The lowest BCUT2D eigenvalue weighted by Crippen LogP contribution is -2.34. The molecule has 1 aliphatic carbocycles. The van der Waals surface area contributed by atoms with E-state index in [0.717, 1.165) is 12.8 Å². The molecule has 3 rings (SSSR count). The number of benzene rings is 1. The standard InChI is InChI=1S/C19H21FN2O3/c20-16-10-14(5-6-17(16)25-15-4-3-9-21-13-15)12-22-18(23)11-19(24)7-1-2-8-19/h3-6,9-10,13,24H,1-2,7-8,11-12H2,(H,22,23). The van der Waals surface area contributed by atoms with Crippen molar-refractivity contribution in [3.63, 3.8) is 0 Å². The quantitative estimate of drug-likeness (QED) is 0.843. The number of carbonyl (C=O) groups is 1. The third kappa shape index (κ3) is 4.76. The minimum absolute atomic E-state index is 0.0949. The molecule has 0 bridgehead atoms. The Balaban J connectivity index is 1.55. The highest BCUT2D eigenvalue weighted by molar-refractivity contribution is 5.77. The smallest absolute Gasteiger partial charge is 0.223 e. The van der Waals surface area contributed by atoms with Gasteiger partial charge in [0.25, 0.3) is 0 Å². The Bertz CT molecular complexity index is 731. The summed E-state index contributed by atoms with van der Waals surface area (Å²) in [4.78, 5) is 15.9. The fourth-order valence-electron chi connectivity index (χ4n) is 3.04. The van der Waals surface area contributed by atoms with Crippen LogP contribution in [-0.4, -0.2) is 21.6 Å². The van der Waals surface area contributed by atoms with Crippen LogP contribution in [0, 0.1) is 5.82 Å². The van der Waals surface area contributed by atoms with Gasteiger partial charge in [0.05, 0.1) is 18.2 Å². The summed E-state index contributed by atoms with van der Waals surface area (Å²) in [5, 5.41) is 13.0. The van der Waals surface area contributed by atoms with Crippen LogP contribution < -0.4 is 10.1 Å². The van der Waals surface area contributed by atoms with Gasteiger partial charge in [0.2, 0.25) is 5.91 Å². The summed E-state index contributed by atoms with van der Waals surface area (Å²) in [5.41, 5.74) is -0.251. The zero-order valence-corrected chi connectivity index (χ0v) is 13.9. The number of nitrogens with zero attached hydrogens (tertiary/aromatic N) is 1. The molecule has 1 aromatic heterocycles. The molecule has 5 nitrogen and oxygen atoms in total. The predicted molar refractivity (Wildman–Crippen MR) is 90.6 cm³/mol. The summed E-state index contributed by atoms with van der Waals surface area (Å²) in [6, 6.07) is 7.94. The van der Waals surface area contributed by atoms with Gasteiger partial charge in [0, 0.05) is 12.7 Å². The van der Waals surface area contributed by atoms with Crippen LogP contribution in [0.15, 0.2) is 42.7 Å². The van der Waals surface area contributed by atoms with Crippen molar-refractivity contribution < 1.29 is 19.0 Å². The van der Waals surface area contributed by atoms with E-state index in [9.17, 15) is 14.3 Å². The Hall–Kier alpha value is -2.47. The molecule has 1 fully saturated rings. The number of nitrogens with one attached hydrogen (secondary N) is 1. The largest absolute Gasteiger partial charge is 0.453 e. The molecular formula is C19H21FN2O3. The Labute approximate surface area is 145 Å².